The van der Waals surface area contributed by atoms with Gasteiger partial charge in [0.05, 0.1) is 6.54 Å². The first-order valence-electron chi connectivity index (χ1n) is 8.35. The number of amides is 2. The Hall–Kier alpha value is -3.09. The average molecular weight is 339 g/mol. The molecule has 0 bridgehead atoms. The number of hydrogen-bond donors (Lipinski definition) is 2. The summed E-state index contributed by atoms with van der Waals surface area (Å²) in [6.45, 7) is 3.07. The van der Waals surface area contributed by atoms with Crippen LogP contribution in [0.5, 0.6) is 0 Å². The molecule has 7 nitrogen and oxygen atoms in total. The summed E-state index contributed by atoms with van der Waals surface area (Å²) in [5.74, 6) is 0. The summed E-state index contributed by atoms with van der Waals surface area (Å²) in [6.07, 6.45) is 3.67. The molecule has 130 valence electrons. The molecule has 2 N–H and O–H groups in total. The molecule has 0 aliphatic carbocycles. The van der Waals surface area contributed by atoms with Crippen molar-refractivity contribution >= 4 is 17.4 Å². The molecule has 0 aliphatic rings. The van der Waals surface area contributed by atoms with Gasteiger partial charge in [-0.2, -0.15) is 0 Å². The molecular formula is C18H21N5O2. The monoisotopic (exact) mass is 339 g/mol. The Labute approximate surface area is 145 Å². The van der Waals surface area contributed by atoms with Crippen molar-refractivity contribution < 1.29 is 4.79 Å². The van der Waals surface area contributed by atoms with Crippen LogP contribution in [0.4, 0.5) is 10.5 Å². The number of benzene rings is 1. The minimum atomic E-state index is -0.226. The fourth-order valence-electron chi connectivity index (χ4n) is 2.55. The molecule has 2 aromatic heterocycles. The zero-order chi connectivity index (χ0) is 17.6. The second-order valence-electron chi connectivity index (χ2n) is 5.80. The number of urea groups is 1. The van der Waals surface area contributed by atoms with Crippen LogP contribution in [-0.4, -0.2) is 26.8 Å². The van der Waals surface area contributed by atoms with Crippen molar-refractivity contribution in [3.8, 4) is 0 Å². The van der Waals surface area contributed by atoms with Gasteiger partial charge in [-0.05, 0) is 36.2 Å². The van der Waals surface area contributed by atoms with E-state index < -0.39 is 0 Å². The van der Waals surface area contributed by atoms with E-state index in [1.54, 1.807) is 18.3 Å². The molecule has 1 aromatic carbocycles. The van der Waals surface area contributed by atoms with Gasteiger partial charge in [-0.3, -0.25) is 4.40 Å². The van der Waals surface area contributed by atoms with E-state index in [4.69, 9.17) is 0 Å². The van der Waals surface area contributed by atoms with E-state index in [1.807, 2.05) is 30.3 Å². The average Bonchev–Trinajstić information content (AvgIpc) is 2.92. The molecule has 3 rings (SSSR count). The first-order chi connectivity index (χ1) is 12.2. The number of anilines is 1. The van der Waals surface area contributed by atoms with Crippen LogP contribution in [-0.2, 0) is 6.54 Å². The number of unbranched alkanes of at least 4 members (excludes halogenated alkanes) is 1. The van der Waals surface area contributed by atoms with Crippen molar-refractivity contribution in [3.05, 3.63) is 64.7 Å². The van der Waals surface area contributed by atoms with Gasteiger partial charge in [-0.1, -0.05) is 31.5 Å². The summed E-state index contributed by atoms with van der Waals surface area (Å²) in [6, 6.07) is 12.6. The Kier molecular flexibility index (Phi) is 5.13. The van der Waals surface area contributed by atoms with Gasteiger partial charge in [0.1, 0.15) is 0 Å². The number of nitrogens with one attached hydrogen (secondary N) is 2. The molecule has 3 aromatic rings. The lowest BCUT2D eigenvalue weighted by Crippen LogP contribution is -2.29. The molecule has 0 aliphatic heterocycles. The molecule has 0 spiro atoms. The highest BCUT2D eigenvalue weighted by molar-refractivity contribution is 5.89. The Balaban J connectivity index is 1.72. The lowest BCUT2D eigenvalue weighted by atomic mass is 10.2. The molecule has 0 saturated heterocycles. The number of aromatic nitrogens is 3. The minimum absolute atomic E-state index is 0.189. The standard InChI is InChI=1S/C18H21N5O2/c1-2-3-10-19-17(24)20-15-8-6-7-14(12-15)13-23-18(25)22-11-5-4-9-16(22)21-23/h4-9,11-12H,2-3,10,13H2,1H3,(H2,19,20,24). The molecule has 0 atom stereocenters. The molecule has 7 heteroatoms. The zero-order valence-electron chi connectivity index (χ0n) is 14.1. The number of hydrogen-bond acceptors (Lipinski definition) is 3. The fraction of sp³-hybridized carbons (Fsp3) is 0.278. The van der Waals surface area contributed by atoms with Gasteiger partial charge in [-0.15, -0.1) is 5.10 Å². The van der Waals surface area contributed by atoms with Gasteiger partial charge in [0.15, 0.2) is 5.65 Å². The number of pyridine rings is 1. The maximum atomic E-state index is 12.3. The predicted molar refractivity (Wildman–Crippen MR) is 96.9 cm³/mol. The van der Waals surface area contributed by atoms with Crippen LogP contribution in [0.25, 0.3) is 5.65 Å². The molecule has 0 unspecified atom stereocenters. The van der Waals surface area contributed by atoms with E-state index in [0.717, 1.165) is 18.4 Å². The van der Waals surface area contributed by atoms with Crippen LogP contribution in [0.2, 0.25) is 0 Å². The van der Waals surface area contributed by atoms with E-state index in [9.17, 15) is 9.59 Å². The number of carbonyl (C=O) groups is 1. The summed E-state index contributed by atoms with van der Waals surface area (Å²) >= 11 is 0. The van der Waals surface area contributed by atoms with E-state index in [0.29, 0.717) is 24.4 Å². The van der Waals surface area contributed by atoms with Gasteiger partial charge in [0.25, 0.3) is 0 Å². The number of fused-ring (bicyclic) bond motifs is 1. The van der Waals surface area contributed by atoms with E-state index >= 15 is 0 Å². The Morgan fingerprint density at radius 3 is 2.88 bits per heavy atom. The quantitative estimate of drug-likeness (QED) is 0.677. The smallest absolute Gasteiger partial charge is 0.338 e. The van der Waals surface area contributed by atoms with Crippen molar-refractivity contribution in [3.63, 3.8) is 0 Å². The maximum absolute atomic E-state index is 12.3. The van der Waals surface area contributed by atoms with Gasteiger partial charge >= 0.3 is 11.7 Å². The fourth-order valence-corrected chi connectivity index (χ4v) is 2.55. The summed E-state index contributed by atoms with van der Waals surface area (Å²) < 4.78 is 2.92. The highest BCUT2D eigenvalue weighted by atomic mass is 16.2. The highest BCUT2D eigenvalue weighted by Crippen LogP contribution is 2.11. The Bertz CT molecular complexity index is 928. The maximum Gasteiger partial charge on any atom is 0.350 e. The number of rotatable bonds is 6. The van der Waals surface area contributed by atoms with Crippen molar-refractivity contribution in [2.45, 2.75) is 26.3 Å². The summed E-state index contributed by atoms with van der Waals surface area (Å²) in [7, 11) is 0. The number of nitrogens with zero attached hydrogens (tertiary/aromatic N) is 3. The van der Waals surface area contributed by atoms with Gasteiger partial charge in [0.2, 0.25) is 0 Å². The Morgan fingerprint density at radius 2 is 2.08 bits per heavy atom. The van der Waals surface area contributed by atoms with Gasteiger partial charge in [-0.25, -0.2) is 14.3 Å². The third-order valence-electron chi connectivity index (χ3n) is 3.82. The molecule has 25 heavy (non-hydrogen) atoms. The van der Waals surface area contributed by atoms with Gasteiger partial charge < -0.3 is 10.6 Å². The topological polar surface area (TPSA) is 80.4 Å². The van der Waals surface area contributed by atoms with Crippen LogP contribution in [0.3, 0.4) is 0 Å². The SMILES string of the molecule is CCCCNC(=O)Nc1cccc(Cn2nc3ccccn3c2=O)c1. The molecule has 0 radical (unpaired) electrons. The van der Waals surface area contributed by atoms with Crippen LogP contribution in [0, 0.1) is 0 Å². The number of carbonyl (C=O) groups excluding carboxylic acids is 1. The normalized spacial score (nSPS) is 10.8. The van der Waals surface area contributed by atoms with E-state index in [1.165, 1.54) is 9.08 Å². The van der Waals surface area contributed by atoms with Crippen LogP contribution in [0.1, 0.15) is 25.3 Å². The molecule has 0 fully saturated rings. The van der Waals surface area contributed by atoms with Crippen LogP contribution < -0.4 is 16.3 Å². The van der Waals surface area contributed by atoms with Crippen molar-refractivity contribution in [1.82, 2.24) is 19.5 Å². The largest absolute Gasteiger partial charge is 0.350 e. The first-order valence-corrected chi connectivity index (χ1v) is 8.35. The van der Waals surface area contributed by atoms with Crippen molar-refractivity contribution in [2.75, 3.05) is 11.9 Å². The third-order valence-corrected chi connectivity index (χ3v) is 3.82. The molecular weight excluding hydrogens is 318 g/mol. The van der Waals surface area contributed by atoms with Gasteiger partial charge in [0, 0.05) is 18.4 Å². The second-order valence-corrected chi connectivity index (χ2v) is 5.80. The molecule has 0 saturated carbocycles. The third kappa shape index (κ3) is 4.06. The van der Waals surface area contributed by atoms with E-state index in [-0.39, 0.29) is 11.7 Å². The van der Waals surface area contributed by atoms with E-state index in [2.05, 4.69) is 22.7 Å². The van der Waals surface area contributed by atoms with Crippen molar-refractivity contribution in [2.24, 2.45) is 0 Å². The lowest BCUT2D eigenvalue weighted by molar-refractivity contribution is 0.252. The summed E-state index contributed by atoms with van der Waals surface area (Å²) in [5.41, 5.74) is 1.99. The summed E-state index contributed by atoms with van der Waals surface area (Å²) in [5, 5.41) is 9.93. The predicted octanol–water partition coefficient (Wildman–Crippen LogP) is 2.47. The lowest BCUT2D eigenvalue weighted by Gasteiger charge is -2.08. The van der Waals surface area contributed by atoms with Crippen LogP contribution in [0.15, 0.2) is 53.5 Å². The summed E-state index contributed by atoms with van der Waals surface area (Å²) in [4.78, 5) is 24.2. The van der Waals surface area contributed by atoms with Crippen molar-refractivity contribution in [1.29, 1.82) is 0 Å². The zero-order valence-corrected chi connectivity index (χ0v) is 14.1. The first kappa shape index (κ1) is 16.8. The second kappa shape index (κ2) is 7.65. The highest BCUT2D eigenvalue weighted by Gasteiger charge is 2.07. The van der Waals surface area contributed by atoms with Crippen LogP contribution >= 0.6 is 0 Å². The Morgan fingerprint density at radius 1 is 1.20 bits per heavy atom. The molecule has 2 amide bonds. The minimum Gasteiger partial charge on any atom is -0.338 e. The molecule has 2 heterocycles.